The highest BCUT2D eigenvalue weighted by molar-refractivity contribution is 6.32. The number of nitrogens with zero attached hydrogens (tertiary/aromatic N) is 1. The summed E-state index contributed by atoms with van der Waals surface area (Å²) in [6.07, 6.45) is 4.68. The van der Waals surface area contributed by atoms with E-state index in [1.165, 1.54) is 26.0 Å². The molecule has 8 nitrogen and oxygen atoms in total. The third-order valence-corrected chi connectivity index (χ3v) is 6.36. The number of carbonyl (C=O) groups excluding carboxylic acids is 3. The zero-order valence-corrected chi connectivity index (χ0v) is 26.2. The Hall–Kier alpha value is -3.40. The molecule has 0 aliphatic carbocycles. The summed E-state index contributed by atoms with van der Waals surface area (Å²) in [4.78, 5) is 35.6. The van der Waals surface area contributed by atoms with E-state index in [-0.39, 0.29) is 17.7 Å². The van der Waals surface area contributed by atoms with E-state index >= 15 is 0 Å². The number of ether oxygens (including phenoxy) is 1. The molecule has 2 aromatic carbocycles. The predicted octanol–water partition coefficient (Wildman–Crippen LogP) is 5.50. The molecular weight excluding hydrogens is 561 g/mol. The number of rotatable bonds is 10. The van der Waals surface area contributed by atoms with Gasteiger partial charge in [0.2, 0.25) is 5.91 Å². The Morgan fingerprint density at radius 2 is 1.81 bits per heavy atom. The number of fused-ring (bicyclic) bond motifs is 1. The second-order valence-electron chi connectivity index (χ2n) is 9.18. The van der Waals surface area contributed by atoms with Crippen molar-refractivity contribution in [3.63, 3.8) is 0 Å². The molecule has 4 N–H and O–H groups in total. The van der Waals surface area contributed by atoms with E-state index in [9.17, 15) is 14.0 Å². The smallest absolute Gasteiger partial charge is 0.302 e. The van der Waals surface area contributed by atoms with Gasteiger partial charge < -0.3 is 25.7 Å². The van der Waals surface area contributed by atoms with Crippen molar-refractivity contribution in [1.82, 2.24) is 10.3 Å². The van der Waals surface area contributed by atoms with Gasteiger partial charge in [-0.3, -0.25) is 14.6 Å². The van der Waals surface area contributed by atoms with E-state index in [0.29, 0.717) is 19.6 Å². The summed E-state index contributed by atoms with van der Waals surface area (Å²) < 4.78 is 17.9. The number of halogens is 2. The molecular formula is C32H45ClFN3O5. The van der Waals surface area contributed by atoms with Crippen LogP contribution in [0.15, 0.2) is 48.7 Å². The summed E-state index contributed by atoms with van der Waals surface area (Å²) in [5.74, 6) is -0.834. The number of esters is 1. The van der Waals surface area contributed by atoms with Crippen LogP contribution in [0.4, 0.5) is 4.39 Å². The number of aliphatic hydroxyl groups is 1. The molecule has 0 fully saturated rings. The summed E-state index contributed by atoms with van der Waals surface area (Å²) >= 11 is 6.32. The predicted molar refractivity (Wildman–Crippen MR) is 167 cm³/mol. The Kier molecular flexibility index (Phi) is 20.4. The Balaban J connectivity index is 0.000000812. The van der Waals surface area contributed by atoms with E-state index in [1.807, 2.05) is 52.0 Å². The number of hydrogen-bond donors (Lipinski definition) is 3. The van der Waals surface area contributed by atoms with Crippen LogP contribution in [0.3, 0.4) is 0 Å². The highest BCUT2D eigenvalue weighted by Gasteiger charge is 2.15. The third kappa shape index (κ3) is 15.6. The minimum atomic E-state index is -0.918. The number of carbonyl (C=O) groups is 3. The summed E-state index contributed by atoms with van der Waals surface area (Å²) in [5.41, 5.74) is 8.45. The van der Waals surface area contributed by atoms with Crippen molar-refractivity contribution in [2.45, 2.75) is 66.8 Å². The van der Waals surface area contributed by atoms with Gasteiger partial charge in [0.25, 0.3) is 0 Å². The fraction of sp³-hybridized carbons (Fsp3) is 0.438. The number of aryl methyl sites for hydroxylation is 3. The van der Waals surface area contributed by atoms with Crippen molar-refractivity contribution in [3.8, 4) is 0 Å². The molecule has 42 heavy (non-hydrogen) atoms. The Morgan fingerprint density at radius 3 is 2.43 bits per heavy atom. The number of amides is 1. The number of nitrogens with one attached hydrogen (secondary N) is 1. The second kappa shape index (κ2) is 22.2. The van der Waals surface area contributed by atoms with Crippen molar-refractivity contribution in [3.05, 3.63) is 76.3 Å². The zero-order chi connectivity index (χ0) is 32.1. The van der Waals surface area contributed by atoms with Gasteiger partial charge in [0.1, 0.15) is 18.1 Å². The molecule has 0 aliphatic heterocycles. The number of hydrogen-bond acceptors (Lipinski definition) is 7. The number of pyridine rings is 1. The molecule has 0 saturated heterocycles. The molecule has 3 aromatic rings. The van der Waals surface area contributed by atoms with E-state index in [2.05, 4.69) is 10.3 Å². The molecule has 0 aliphatic rings. The molecule has 2 atom stereocenters. The lowest BCUT2D eigenvalue weighted by molar-refractivity contribution is -0.142. The summed E-state index contributed by atoms with van der Waals surface area (Å²) in [6, 6.07) is 11.6. The maximum Gasteiger partial charge on any atom is 0.302 e. The van der Waals surface area contributed by atoms with Crippen LogP contribution in [0, 0.1) is 25.6 Å². The third-order valence-electron chi connectivity index (χ3n) is 5.82. The van der Waals surface area contributed by atoms with Crippen LogP contribution in [0.5, 0.6) is 0 Å². The monoisotopic (exact) mass is 605 g/mol. The molecule has 0 radical (unpaired) electrons. The first kappa shape index (κ1) is 38.6. The fourth-order valence-corrected chi connectivity index (χ4v) is 3.86. The SMILES string of the molecule is CC.CC(=O)OCC(CCNC(=O)C(N)CO)CCc1cccc(C)c1Cl.CC=O.Cc1cc2cc(F)ccc2cn1. The molecule has 0 spiro atoms. The molecule has 0 saturated carbocycles. The van der Waals surface area contributed by atoms with Gasteiger partial charge in [-0.1, -0.05) is 43.6 Å². The van der Waals surface area contributed by atoms with Crippen LogP contribution in [0.1, 0.15) is 57.4 Å². The normalized spacial score (nSPS) is 11.3. The number of aromatic nitrogens is 1. The van der Waals surface area contributed by atoms with Crippen LogP contribution < -0.4 is 11.1 Å². The molecule has 2 unspecified atom stereocenters. The molecule has 1 aromatic heterocycles. The lowest BCUT2D eigenvalue weighted by Gasteiger charge is -2.18. The van der Waals surface area contributed by atoms with Crippen molar-refractivity contribution in [1.29, 1.82) is 0 Å². The minimum Gasteiger partial charge on any atom is -0.466 e. The first-order valence-corrected chi connectivity index (χ1v) is 14.3. The topological polar surface area (TPSA) is 132 Å². The van der Waals surface area contributed by atoms with Crippen LogP contribution in [-0.2, 0) is 25.5 Å². The van der Waals surface area contributed by atoms with Crippen LogP contribution in [0.25, 0.3) is 10.8 Å². The average molecular weight is 606 g/mol. The van der Waals surface area contributed by atoms with E-state index in [1.54, 1.807) is 12.3 Å². The largest absolute Gasteiger partial charge is 0.466 e. The molecule has 10 heteroatoms. The van der Waals surface area contributed by atoms with E-state index in [4.69, 9.17) is 32.0 Å². The van der Waals surface area contributed by atoms with E-state index in [0.717, 1.165) is 51.7 Å². The van der Waals surface area contributed by atoms with Crippen LogP contribution in [0.2, 0.25) is 5.02 Å². The first-order valence-electron chi connectivity index (χ1n) is 14.0. The van der Waals surface area contributed by atoms with Gasteiger partial charge in [0, 0.05) is 35.8 Å². The lowest BCUT2D eigenvalue weighted by Crippen LogP contribution is -2.43. The summed E-state index contributed by atoms with van der Waals surface area (Å²) in [7, 11) is 0. The molecule has 0 bridgehead atoms. The Bertz CT molecular complexity index is 1210. The number of aliphatic hydroxyl groups excluding tert-OH is 1. The van der Waals surface area contributed by atoms with Gasteiger partial charge in [-0.25, -0.2) is 4.39 Å². The second-order valence-corrected chi connectivity index (χ2v) is 9.55. The maximum absolute atomic E-state index is 12.7. The number of nitrogens with two attached hydrogens (primary N) is 1. The zero-order valence-electron chi connectivity index (χ0n) is 25.5. The van der Waals surface area contributed by atoms with Crippen molar-refractivity contribution in [2.24, 2.45) is 11.7 Å². The fourth-order valence-electron chi connectivity index (χ4n) is 3.64. The number of aldehydes is 1. The van der Waals surface area contributed by atoms with Gasteiger partial charge in [0.05, 0.1) is 13.2 Å². The lowest BCUT2D eigenvalue weighted by atomic mass is 9.96. The van der Waals surface area contributed by atoms with Gasteiger partial charge >= 0.3 is 5.97 Å². The molecule has 3 rings (SSSR count). The van der Waals surface area contributed by atoms with Gasteiger partial charge in [-0.05, 0) is 86.7 Å². The Morgan fingerprint density at radius 1 is 1.14 bits per heavy atom. The first-order chi connectivity index (χ1) is 20.0. The molecule has 232 valence electrons. The number of benzene rings is 2. The summed E-state index contributed by atoms with van der Waals surface area (Å²) in [5, 5.41) is 14.2. The highest BCUT2D eigenvalue weighted by atomic mass is 35.5. The molecule has 1 amide bonds. The Labute approximate surface area is 253 Å². The van der Waals surface area contributed by atoms with Crippen molar-refractivity contribution < 1.29 is 28.6 Å². The minimum absolute atomic E-state index is 0.0890. The van der Waals surface area contributed by atoms with E-state index < -0.39 is 18.6 Å². The van der Waals surface area contributed by atoms with Gasteiger partial charge in [-0.15, -0.1) is 0 Å². The maximum atomic E-state index is 12.7. The van der Waals surface area contributed by atoms with Gasteiger partial charge in [-0.2, -0.15) is 0 Å². The molecule has 1 heterocycles. The van der Waals surface area contributed by atoms with Crippen LogP contribution in [-0.4, -0.2) is 54.1 Å². The average Bonchev–Trinajstić information content (AvgIpc) is 2.97. The van der Waals surface area contributed by atoms with Gasteiger partial charge in [0.15, 0.2) is 0 Å². The van der Waals surface area contributed by atoms with Crippen LogP contribution >= 0.6 is 11.6 Å². The van der Waals surface area contributed by atoms with Crippen molar-refractivity contribution >= 4 is 40.5 Å². The summed E-state index contributed by atoms with van der Waals surface area (Å²) in [6.45, 7) is 11.0. The quantitative estimate of drug-likeness (QED) is 0.205. The standard InChI is InChI=1S/C18H27ClN2O4.C10H8FN.C2H4O.C2H6/c1-12-4-3-5-15(17(12)19)7-6-14(11-25-13(2)23)8-9-21-18(24)16(20)10-22;1-7-4-9-5-10(11)3-2-8(9)6-12-7;1-2-3;1-2/h3-5,14,16,22H,6-11,20H2,1-2H3,(H,21,24);2-6H,1H3;2H,1H3;1-2H3. The highest BCUT2D eigenvalue weighted by Crippen LogP contribution is 2.23. The van der Waals surface area contributed by atoms with Crippen molar-refractivity contribution in [2.75, 3.05) is 19.8 Å².